The third-order valence-electron chi connectivity index (χ3n) is 6.19. The molecule has 0 aliphatic carbocycles. The molecule has 0 spiro atoms. The minimum atomic E-state index is -0.678. The Morgan fingerprint density at radius 1 is 0.919 bits per heavy atom. The Morgan fingerprint density at radius 3 is 2.30 bits per heavy atom. The summed E-state index contributed by atoms with van der Waals surface area (Å²) in [6.45, 7) is 2.79. The molecule has 2 amide bonds. The predicted octanol–water partition coefficient (Wildman–Crippen LogP) is 5.46. The Morgan fingerprint density at radius 2 is 1.62 bits per heavy atom. The highest BCUT2D eigenvalue weighted by Gasteiger charge is 2.30. The Labute approximate surface area is 224 Å². The quantitative estimate of drug-likeness (QED) is 0.324. The molecule has 0 radical (unpaired) electrons. The minimum absolute atomic E-state index is 0.123. The van der Waals surface area contributed by atoms with E-state index in [-0.39, 0.29) is 24.8 Å². The molecule has 3 aromatic rings. The Kier molecular flexibility index (Phi) is 10.8. The van der Waals surface area contributed by atoms with Crippen LogP contribution in [0.3, 0.4) is 0 Å². The van der Waals surface area contributed by atoms with Gasteiger partial charge in [0.1, 0.15) is 6.04 Å². The lowest BCUT2D eigenvalue weighted by Gasteiger charge is -2.32. The largest absolute Gasteiger partial charge is 0.493 e. The average Bonchev–Trinajstić information content (AvgIpc) is 2.93. The molecule has 1 N–H and O–H groups in total. The average molecular weight is 523 g/mol. The number of hydrogen-bond acceptors (Lipinski definition) is 4. The Hall–Kier alpha value is -3.51. The van der Waals surface area contributed by atoms with E-state index < -0.39 is 6.04 Å². The summed E-state index contributed by atoms with van der Waals surface area (Å²) in [6, 6.07) is 22.1. The van der Waals surface area contributed by atoms with Gasteiger partial charge in [-0.15, -0.1) is 0 Å². The van der Waals surface area contributed by atoms with Gasteiger partial charge in [-0.25, -0.2) is 0 Å². The van der Waals surface area contributed by atoms with Crippen molar-refractivity contribution in [3.63, 3.8) is 0 Å². The fourth-order valence-electron chi connectivity index (χ4n) is 4.16. The van der Waals surface area contributed by atoms with Crippen LogP contribution in [0.15, 0.2) is 72.8 Å². The normalized spacial score (nSPS) is 11.5. The van der Waals surface area contributed by atoms with E-state index in [9.17, 15) is 9.59 Å². The lowest BCUT2D eigenvalue weighted by Crippen LogP contribution is -2.50. The van der Waals surface area contributed by atoms with Crippen LogP contribution in [0.5, 0.6) is 11.5 Å². The Bertz CT molecular complexity index is 1170. The van der Waals surface area contributed by atoms with Crippen molar-refractivity contribution in [1.82, 2.24) is 10.2 Å². The molecule has 1 atom stereocenters. The van der Waals surface area contributed by atoms with E-state index in [0.717, 1.165) is 23.1 Å². The lowest BCUT2D eigenvalue weighted by atomic mass is 10.0. The number of nitrogens with zero attached hydrogens (tertiary/aromatic N) is 1. The van der Waals surface area contributed by atoms with Gasteiger partial charge in [-0.1, -0.05) is 73.1 Å². The van der Waals surface area contributed by atoms with E-state index in [1.807, 2.05) is 73.7 Å². The summed E-state index contributed by atoms with van der Waals surface area (Å²) in [5, 5.41) is 3.56. The van der Waals surface area contributed by atoms with Gasteiger partial charge in [0.2, 0.25) is 11.8 Å². The molecule has 0 aliphatic rings. The molecule has 0 fully saturated rings. The molecule has 0 aromatic heterocycles. The number of carbonyl (C=O) groups excluding carboxylic acids is 2. The van der Waals surface area contributed by atoms with Gasteiger partial charge < -0.3 is 19.7 Å². The zero-order valence-electron chi connectivity index (χ0n) is 21.7. The lowest BCUT2D eigenvalue weighted by molar-refractivity contribution is -0.141. The number of methoxy groups -OCH3 is 2. The van der Waals surface area contributed by atoms with Gasteiger partial charge in [0.25, 0.3) is 0 Å². The number of benzene rings is 3. The van der Waals surface area contributed by atoms with E-state index >= 15 is 0 Å². The highest BCUT2D eigenvalue weighted by Crippen LogP contribution is 2.28. The molecule has 0 bridgehead atoms. The molecule has 0 saturated carbocycles. The SMILES string of the molecule is CCCNC(=O)C(Cc1ccccc1)N(Cc1ccccc1Cl)C(=O)CCc1ccc(OC)c(OC)c1. The van der Waals surface area contributed by atoms with Gasteiger partial charge >= 0.3 is 0 Å². The molecule has 3 rings (SSSR count). The standard InChI is InChI=1S/C30H35ClN2O4/c1-4-18-32-30(35)26(19-22-10-6-5-7-11-22)33(21-24-12-8-9-13-25(24)31)29(34)17-15-23-14-16-27(36-2)28(20-23)37-3/h5-14,16,20,26H,4,15,17-19,21H2,1-3H3,(H,32,35). The van der Waals surface area contributed by atoms with Gasteiger partial charge in [-0.2, -0.15) is 0 Å². The number of hydrogen-bond donors (Lipinski definition) is 1. The topological polar surface area (TPSA) is 67.9 Å². The molecular weight excluding hydrogens is 488 g/mol. The van der Waals surface area contributed by atoms with Crippen molar-refractivity contribution in [2.24, 2.45) is 0 Å². The molecule has 6 nitrogen and oxygen atoms in total. The number of amides is 2. The fraction of sp³-hybridized carbons (Fsp3) is 0.333. The second-order valence-corrected chi connectivity index (χ2v) is 9.21. The molecule has 196 valence electrons. The van der Waals surface area contributed by atoms with Crippen LogP contribution in [0, 0.1) is 0 Å². The van der Waals surface area contributed by atoms with Crippen molar-refractivity contribution in [3.8, 4) is 11.5 Å². The summed E-state index contributed by atoms with van der Waals surface area (Å²) in [7, 11) is 3.17. The molecule has 37 heavy (non-hydrogen) atoms. The summed E-state index contributed by atoms with van der Waals surface area (Å²) in [5.41, 5.74) is 2.72. The summed E-state index contributed by atoms with van der Waals surface area (Å²) in [4.78, 5) is 28.8. The van der Waals surface area contributed by atoms with Crippen LogP contribution >= 0.6 is 11.6 Å². The number of carbonyl (C=O) groups is 2. The van der Waals surface area contributed by atoms with Crippen molar-refractivity contribution >= 4 is 23.4 Å². The monoisotopic (exact) mass is 522 g/mol. The van der Waals surface area contributed by atoms with Crippen LogP contribution in [0.1, 0.15) is 36.5 Å². The summed E-state index contributed by atoms with van der Waals surface area (Å²) in [5.74, 6) is 0.953. The summed E-state index contributed by atoms with van der Waals surface area (Å²) in [6.07, 6.45) is 1.93. The van der Waals surface area contributed by atoms with Crippen molar-refractivity contribution in [2.75, 3.05) is 20.8 Å². The number of nitrogens with one attached hydrogen (secondary N) is 1. The maximum absolute atomic E-state index is 13.8. The first-order valence-corrected chi connectivity index (χ1v) is 12.9. The number of aryl methyl sites for hydroxylation is 1. The van der Waals surface area contributed by atoms with Crippen LogP contribution in [0.2, 0.25) is 5.02 Å². The van der Waals surface area contributed by atoms with Gasteiger partial charge in [0.15, 0.2) is 11.5 Å². The van der Waals surface area contributed by atoms with Gasteiger partial charge in [0, 0.05) is 31.0 Å². The molecule has 0 aliphatic heterocycles. The number of ether oxygens (including phenoxy) is 2. The zero-order valence-corrected chi connectivity index (χ0v) is 22.5. The summed E-state index contributed by atoms with van der Waals surface area (Å²) >= 11 is 6.47. The first-order valence-electron chi connectivity index (χ1n) is 12.5. The maximum atomic E-state index is 13.8. The first-order chi connectivity index (χ1) is 18.0. The zero-order chi connectivity index (χ0) is 26.6. The second-order valence-electron chi connectivity index (χ2n) is 8.80. The van der Waals surface area contributed by atoms with Crippen LogP contribution in [0.4, 0.5) is 0 Å². The first kappa shape index (κ1) is 28.1. The third-order valence-corrected chi connectivity index (χ3v) is 6.56. The van der Waals surface area contributed by atoms with E-state index in [4.69, 9.17) is 21.1 Å². The maximum Gasteiger partial charge on any atom is 0.243 e. The highest BCUT2D eigenvalue weighted by molar-refractivity contribution is 6.31. The Balaban J connectivity index is 1.90. The van der Waals surface area contributed by atoms with E-state index in [1.54, 1.807) is 25.2 Å². The number of halogens is 1. The van der Waals surface area contributed by atoms with E-state index in [0.29, 0.717) is 35.9 Å². The van der Waals surface area contributed by atoms with Crippen LogP contribution in [0.25, 0.3) is 0 Å². The van der Waals surface area contributed by atoms with Gasteiger partial charge in [-0.3, -0.25) is 9.59 Å². The van der Waals surface area contributed by atoms with E-state index in [2.05, 4.69) is 5.32 Å². The van der Waals surface area contributed by atoms with Crippen molar-refractivity contribution in [1.29, 1.82) is 0 Å². The van der Waals surface area contributed by atoms with Crippen molar-refractivity contribution in [3.05, 3.63) is 94.5 Å². The molecular formula is C30H35ClN2O4. The van der Waals surface area contributed by atoms with Gasteiger partial charge in [-0.05, 0) is 47.7 Å². The smallest absolute Gasteiger partial charge is 0.243 e. The van der Waals surface area contributed by atoms with Crippen LogP contribution in [-0.4, -0.2) is 43.5 Å². The number of rotatable bonds is 13. The van der Waals surface area contributed by atoms with Crippen LogP contribution in [-0.2, 0) is 29.0 Å². The van der Waals surface area contributed by atoms with E-state index in [1.165, 1.54) is 0 Å². The highest BCUT2D eigenvalue weighted by atomic mass is 35.5. The predicted molar refractivity (Wildman–Crippen MR) is 147 cm³/mol. The van der Waals surface area contributed by atoms with Crippen molar-refractivity contribution < 1.29 is 19.1 Å². The summed E-state index contributed by atoms with van der Waals surface area (Å²) < 4.78 is 10.7. The van der Waals surface area contributed by atoms with Crippen LogP contribution < -0.4 is 14.8 Å². The molecule has 0 saturated heterocycles. The molecule has 0 heterocycles. The minimum Gasteiger partial charge on any atom is -0.493 e. The fourth-order valence-corrected chi connectivity index (χ4v) is 4.36. The van der Waals surface area contributed by atoms with Crippen molar-refractivity contribution in [2.45, 2.75) is 45.2 Å². The van der Waals surface area contributed by atoms with Gasteiger partial charge in [0.05, 0.1) is 14.2 Å². The molecule has 1 unspecified atom stereocenters. The molecule has 3 aromatic carbocycles. The molecule has 7 heteroatoms. The third kappa shape index (κ3) is 7.99. The second kappa shape index (κ2) is 14.3.